The number of aryl methyl sites for hydroxylation is 1. The van der Waals surface area contributed by atoms with E-state index in [0.29, 0.717) is 4.90 Å². The van der Waals surface area contributed by atoms with Gasteiger partial charge in [-0.05, 0) is 43.0 Å². The fraction of sp³-hybridized carbons (Fsp3) is 0.455. The number of hydrogen-bond acceptors (Lipinski definition) is 2. The van der Waals surface area contributed by atoms with Gasteiger partial charge in [0, 0.05) is 12.0 Å². The van der Waals surface area contributed by atoms with E-state index in [2.05, 4.69) is 29.8 Å². The van der Waals surface area contributed by atoms with Crippen molar-refractivity contribution in [3.8, 4) is 0 Å². The molecule has 2 aromatic rings. The van der Waals surface area contributed by atoms with Crippen LogP contribution in [0, 0.1) is 6.92 Å². The molecule has 0 unspecified atom stereocenters. The lowest BCUT2D eigenvalue weighted by molar-refractivity contribution is 0.465. The minimum absolute atomic E-state index is 0.0553. The van der Waals surface area contributed by atoms with E-state index in [1.165, 1.54) is 30.4 Å². The van der Waals surface area contributed by atoms with Crippen LogP contribution in [0.1, 0.15) is 61.6 Å². The molecule has 140 valence electrons. The van der Waals surface area contributed by atoms with Gasteiger partial charge in [-0.1, -0.05) is 74.6 Å². The maximum absolute atomic E-state index is 12.9. The maximum atomic E-state index is 12.9. The summed E-state index contributed by atoms with van der Waals surface area (Å²) in [5, 5.41) is 0. The predicted molar refractivity (Wildman–Crippen MR) is 107 cm³/mol. The van der Waals surface area contributed by atoms with E-state index in [1.54, 1.807) is 12.1 Å². The van der Waals surface area contributed by atoms with Crippen molar-refractivity contribution in [2.45, 2.75) is 69.2 Å². The van der Waals surface area contributed by atoms with Gasteiger partial charge in [-0.15, -0.1) is 0 Å². The largest absolute Gasteiger partial charge is 0.240 e. The first-order valence-corrected chi connectivity index (χ1v) is 11.2. The van der Waals surface area contributed by atoms with E-state index in [9.17, 15) is 8.42 Å². The van der Waals surface area contributed by atoms with E-state index >= 15 is 0 Å². The summed E-state index contributed by atoms with van der Waals surface area (Å²) in [6.45, 7) is 4.17. The fourth-order valence-corrected chi connectivity index (χ4v) is 5.21. The maximum Gasteiger partial charge on any atom is 0.240 e. The average molecular weight is 372 g/mol. The summed E-state index contributed by atoms with van der Waals surface area (Å²) < 4.78 is 28.7. The molecule has 26 heavy (non-hydrogen) atoms. The van der Waals surface area contributed by atoms with Crippen LogP contribution in [-0.2, 0) is 16.4 Å². The minimum atomic E-state index is -3.50. The molecule has 0 aromatic heterocycles. The van der Waals surface area contributed by atoms with Gasteiger partial charge in [0.1, 0.15) is 0 Å². The summed E-state index contributed by atoms with van der Waals surface area (Å²) in [7, 11) is -3.50. The first kappa shape index (κ1) is 19.1. The molecule has 0 fully saturated rings. The van der Waals surface area contributed by atoms with Gasteiger partial charge < -0.3 is 0 Å². The third kappa shape index (κ3) is 4.36. The summed E-state index contributed by atoms with van der Waals surface area (Å²) in [5.74, 6) is 0.267. The second-order valence-corrected chi connectivity index (χ2v) is 9.11. The van der Waals surface area contributed by atoms with E-state index < -0.39 is 10.0 Å². The van der Waals surface area contributed by atoms with Crippen molar-refractivity contribution in [1.82, 2.24) is 4.72 Å². The molecule has 1 aliphatic carbocycles. The average Bonchev–Trinajstić information content (AvgIpc) is 2.95. The van der Waals surface area contributed by atoms with Crippen LogP contribution in [0.25, 0.3) is 0 Å². The normalized spacial score (nSPS) is 19.5. The monoisotopic (exact) mass is 371 g/mol. The van der Waals surface area contributed by atoms with Crippen LogP contribution in [0.5, 0.6) is 0 Å². The molecule has 0 amide bonds. The summed E-state index contributed by atoms with van der Waals surface area (Å²) in [4.78, 5) is 0.351. The van der Waals surface area contributed by atoms with Crippen LogP contribution in [0.3, 0.4) is 0 Å². The Bertz CT molecular complexity index is 827. The first-order valence-electron chi connectivity index (χ1n) is 9.68. The van der Waals surface area contributed by atoms with Crippen LogP contribution in [0.4, 0.5) is 0 Å². The van der Waals surface area contributed by atoms with Gasteiger partial charge in [0.15, 0.2) is 0 Å². The zero-order valence-electron chi connectivity index (χ0n) is 15.7. The second kappa shape index (κ2) is 8.36. The number of nitrogens with one attached hydrogen (secondary N) is 1. The summed E-state index contributed by atoms with van der Waals surface area (Å²) in [5.41, 5.74) is 3.66. The molecule has 0 heterocycles. The van der Waals surface area contributed by atoms with Gasteiger partial charge in [-0.25, -0.2) is 13.1 Å². The highest BCUT2D eigenvalue weighted by molar-refractivity contribution is 7.89. The molecular weight excluding hydrogens is 342 g/mol. The fourth-order valence-electron chi connectivity index (χ4n) is 3.93. The minimum Gasteiger partial charge on any atom is -0.207 e. The Hall–Kier alpha value is -1.65. The van der Waals surface area contributed by atoms with Gasteiger partial charge in [-0.2, -0.15) is 0 Å². The van der Waals surface area contributed by atoms with Crippen LogP contribution >= 0.6 is 0 Å². The Morgan fingerprint density at radius 2 is 1.73 bits per heavy atom. The predicted octanol–water partition coefficient (Wildman–Crippen LogP) is 4.95. The molecule has 0 radical (unpaired) electrons. The van der Waals surface area contributed by atoms with E-state index in [0.717, 1.165) is 24.8 Å². The Morgan fingerprint density at radius 1 is 1.00 bits per heavy atom. The van der Waals surface area contributed by atoms with Crippen LogP contribution in [0.2, 0.25) is 0 Å². The van der Waals surface area contributed by atoms with Gasteiger partial charge in [0.05, 0.1) is 4.90 Å². The van der Waals surface area contributed by atoms with E-state index in [1.807, 2.05) is 25.1 Å². The molecule has 3 rings (SSSR count). The zero-order valence-corrected chi connectivity index (χ0v) is 16.6. The SMILES string of the molecule is CCCCCC[C@H]1c2ccccc2C[C@H]1NS(=O)(=O)c1ccc(C)cc1. The highest BCUT2D eigenvalue weighted by Crippen LogP contribution is 2.37. The number of rotatable bonds is 8. The Kier molecular flexibility index (Phi) is 6.15. The Labute approximate surface area is 157 Å². The molecule has 1 N–H and O–H groups in total. The second-order valence-electron chi connectivity index (χ2n) is 7.40. The van der Waals surface area contributed by atoms with Crippen molar-refractivity contribution in [2.75, 3.05) is 0 Å². The van der Waals surface area contributed by atoms with Crippen molar-refractivity contribution in [2.24, 2.45) is 0 Å². The number of fused-ring (bicyclic) bond motifs is 1. The summed E-state index contributed by atoms with van der Waals surface area (Å²) in [6.07, 6.45) is 6.64. The molecule has 4 heteroatoms. The lowest BCUT2D eigenvalue weighted by Gasteiger charge is -2.22. The van der Waals surface area contributed by atoms with Crippen molar-refractivity contribution >= 4 is 10.0 Å². The van der Waals surface area contributed by atoms with Gasteiger partial charge in [0.25, 0.3) is 0 Å². The highest BCUT2D eigenvalue weighted by atomic mass is 32.2. The Balaban J connectivity index is 1.77. The standard InChI is InChI=1S/C22H29NO2S/c1-3-4-5-6-11-21-20-10-8-7-9-18(20)16-22(21)23-26(24,25)19-14-12-17(2)13-15-19/h7-10,12-15,21-23H,3-6,11,16H2,1-2H3/t21-,22+/m0/s1. The Morgan fingerprint density at radius 3 is 2.46 bits per heavy atom. The first-order chi connectivity index (χ1) is 12.5. The van der Waals surface area contributed by atoms with Crippen LogP contribution < -0.4 is 4.72 Å². The smallest absolute Gasteiger partial charge is 0.207 e. The molecular formula is C22H29NO2S. The molecule has 0 bridgehead atoms. The quantitative estimate of drug-likeness (QED) is 0.667. The number of benzene rings is 2. The van der Waals surface area contributed by atoms with Gasteiger partial charge >= 0.3 is 0 Å². The highest BCUT2D eigenvalue weighted by Gasteiger charge is 2.34. The zero-order chi connectivity index (χ0) is 18.6. The van der Waals surface area contributed by atoms with Crippen LogP contribution in [0.15, 0.2) is 53.4 Å². The van der Waals surface area contributed by atoms with E-state index in [4.69, 9.17) is 0 Å². The third-order valence-electron chi connectivity index (χ3n) is 5.39. The van der Waals surface area contributed by atoms with Crippen molar-refractivity contribution in [3.05, 3.63) is 65.2 Å². The van der Waals surface area contributed by atoms with Crippen molar-refractivity contribution < 1.29 is 8.42 Å². The molecule has 2 aromatic carbocycles. The number of hydrogen-bond donors (Lipinski definition) is 1. The van der Waals surface area contributed by atoms with Crippen molar-refractivity contribution in [3.63, 3.8) is 0 Å². The van der Waals surface area contributed by atoms with Gasteiger partial charge in [0.2, 0.25) is 10.0 Å². The van der Waals surface area contributed by atoms with Crippen molar-refractivity contribution in [1.29, 1.82) is 0 Å². The van der Waals surface area contributed by atoms with Crippen LogP contribution in [-0.4, -0.2) is 14.5 Å². The summed E-state index contributed by atoms with van der Waals surface area (Å²) in [6, 6.07) is 15.4. The number of unbranched alkanes of at least 4 members (excludes halogenated alkanes) is 3. The van der Waals surface area contributed by atoms with Gasteiger partial charge in [-0.3, -0.25) is 0 Å². The third-order valence-corrected chi connectivity index (χ3v) is 6.89. The molecule has 2 atom stereocenters. The molecule has 3 nitrogen and oxygen atoms in total. The molecule has 0 aliphatic heterocycles. The van der Waals surface area contributed by atoms with E-state index in [-0.39, 0.29) is 12.0 Å². The molecule has 0 saturated carbocycles. The lowest BCUT2D eigenvalue weighted by atomic mass is 9.92. The molecule has 0 spiro atoms. The number of sulfonamides is 1. The lowest BCUT2D eigenvalue weighted by Crippen LogP contribution is -2.37. The molecule has 1 aliphatic rings. The molecule has 0 saturated heterocycles. The topological polar surface area (TPSA) is 46.2 Å². The summed E-state index contributed by atoms with van der Waals surface area (Å²) >= 11 is 0.